The highest BCUT2D eigenvalue weighted by atomic mass is 19.2. The van der Waals surface area contributed by atoms with Crippen molar-refractivity contribution in [1.82, 2.24) is 10.6 Å². The lowest BCUT2D eigenvalue weighted by Gasteiger charge is -2.25. The minimum Gasteiger partial charge on any atom is -0.308 e. The van der Waals surface area contributed by atoms with Crippen molar-refractivity contribution in [3.05, 3.63) is 35.4 Å². The molecule has 0 aliphatic heterocycles. The average molecular weight is 228 g/mol. The number of halogens is 2. The molecule has 2 N–H and O–H groups in total. The summed E-state index contributed by atoms with van der Waals surface area (Å²) < 4.78 is 25.9. The monoisotopic (exact) mass is 228 g/mol. The van der Waals surface area contributed by atoms with Gasteiger partial charge in [-0.1, -0.05) is 19.9 Å². The molecule has 0 spiro atoms. The van der Waals surface area contributed by atoms with Crippen LogP contribution in [-0.2, 0) is 5.41 Å². The molecule has 16 heavy (non-hydrogen) atoms. The van der Waals surface area contributed by atoms with Gasteiger partial charge >= 0.3 is 0 Å². The maximum Gasteiger partial charge on any atom is 0.159 e. The molecule has 0 saturated heterocycles. The van der Waals surface area contributed by atoms with Crippen molar-refractivity contribution in [1.29, 1.82) is 0 Å². The van der Waals surface area contributed by atoms with Crippen molar-refractivity contribution in [3.8, 4) is 0 Å². The highest BCUT2D eigenvalue weighted by molar-refractivity contribution is 5.25. The molecule has 0 heterocycles. The second-order valence-electron chi connectivity index (χ2n) is 4.47. The second-order valence-corrected chi connectivity index (χ2v) is 4.47. The molecular formula is C12H18F2N2. The Kier molecular flexibility index (Phi) is 4.38. The van der Waals surface area contributed by atoms with E-state index < -0.39 is 11.6 Å². The van der Waals surface area contributed by atoms with Crippen molar-refractivity contribution in [3.63, 3.8) is 0 Å². The zero-order valence-corrected chi connectivity index (χ0v) is 9.90. The molecule has 1 aromatic rings. The van der Waals surface area contributed by atoms with Gasteiger partial charge < -0.3 is 10.6 Å². The number of nitrogens with one attached hydrogen (secondary N) is 2. The zero-order chi connectivity index (χ0) is 12.2. The van der Waals surface area contributed by atoms with E-state index >= 15 is 0 Å². The zero-order valence-electron chi connectivity index (χ0n) is 9.90. The van der Waals surface area contributed by atoms with E-state index in [0.29, 0.717) is 13.2 Å². The summed E-state index contributed by atoms with van der Waals surface area (Å²) in [5.41, 5.74) is 0.556. The van der Waals surface area contributed by atoms with Crippen LogP contribution in [0.2, 0.25) is 0 Å². The van der Waals surface area contributed by atoms with Gasteiger partial charge in [0.15, 0.2) is 11.6 Å². The van der Waals surface area contributed by atoms with Crippen LogP contribution in [0.3, 0.4) is 0 Å². The summed E-state index contributed by atoms with van der Waals surface area (Å²) in [5.74, 6) is -1.60. The van der Waals surface area contributed by atoms with Gasteiger partial charge in [-0.2, -0.15) is 0 Å². The first kappa shape index (κ1) is 13.1. The van der Waals surface area contributed by atoms with E-state index in [1.54, 1.807) is 6.07 Å². The largest absolute Gasteiger partial charge is 0.308 e. The Hall–Kier alpha value is -1.00. The maximum absolute atomic E-state index is 13.1. The summed E-state index contributed by atoms with van der Waals surface area (Å²) in [5, 5.41) is 6.15. The Morgan fingerprint density at radius 2 is 1.88 bits per heavy atom. The molecule has 90 valence electrons. The van der Waals surface area contributed by atoms with E-state index in [2.05, 4.69) is 10.6 Å². The second kappa shape index (κ2) is 5.37. The van der Waals surface area contributed by atoms with Crippen LogP contribution >= 0.6 is 0 Å². The molecule has 0 aliphatic rings. The predicted molar refractivity (Wildman–Crippen MR) is 61.3 cm³/mol. The molecule has 0 bridgehead atoms. The maximum atomic E-state index is 13.1. The lowest BCUT2D eigenvalue weighted by Crippen LogP contribution is -2.37. The van der Waals surface area contributed by atoms with Crippen LogP contribution in [0.5, 0.6) is 0 Å². The lowest BCUT2D eigenvalue weighted by atomic mass is 9.84. The molecule has 0 unspecified atom stereocenters. The Balaban J connectivity index is 2.76. The predicted octanol–water partition coefficient (Wildman–Crippen LogP) is 2.01. The summed E-state index contributed by atoms with van der Waals surface area (Å²) in [6, 6.07) is 4.06. The highest BCUT2D eigenvalue weighted by Crippen LogP contribution is 2.23. The minimum atomic E-state index is -0.803. The Morgan fingerprint density at radius 1 is 1.19 bits per heavy atom. The third-order valence-corrected chi connectivity index (χ3v) is 2.57. The first-order valence-corrected chi connectivity index (χ1v) is 5.28. The fourth-order valence-electron chi connectivity index (χ4n) is 1.52. The molecule has 2 nitrogen and oxygen atoms in total. The summed E-state index contributed by atoms with van der Waals surface area (Å²) in [7, 11) is 1.84. The van der Waals surface area contributed by atoms with E-state index in [4.69, 9.17) is 0 Å². The van der Waals surface area contributed by atoms with Gasteiger partial charge in [-0.05, 0) is 24.7 Å². The van der Waals surface area contributed by atoms with Crippen molar-refractivity contribution < 1.29 is 8.78 Å². The first-order valence-electron chi connectivity index (χ1n) is 5.28. The van der Waals surface area contributed by atoms with Crippen molar-refractivity contribution >= 4 is 0 Å². The number of hydrogen-bond donors (Lipinski definition) is 2. The van der Waals surface area contributed by atoms with Gasteiger partial charge in [0.25, 0.3) is 0 Å². The molecule has 0 atom stereocenters. The SMILES string of the molecule is CNCNCC(C)(C)c1ccc(F)c(F)c1. The van der Waals surface area contributed by atoms with Gasteiger partial charge in [-0.3, -0.25) is 0 Å². The van der Waals surface area contributed by atoms with Crippen molar-refractivity contribution in [2.75, 3.05) is 20.3 Å². The van der Waals surface area contributed by atoms with Gasteiger partial charge in [0.1, 0.15) is 0 Å². The van der Waals surface area contributed by atoms with Crippen LogP contribution in [0.25, 0.3) is 0 Å². The molecule has 0 fully saturated rings. The van der Waals surface area contributed by atoms with Crippen LogP contribution in [0, 0.1) is 11.6 Å². The van der Waals surface area contributed by atoms with Crippen LogP contribution in [-0.4, -0.2) is 20.3 Å². The van der Waals surface area contributed by atoms with Gasteiger partial charge in [-0.15, -0.1) is 0 Å². The molecular weight excluding hydrogens is 210 g/mol. The molecule has 1 rings (SSSR count). The number of hydrogen-bond acceptors (Lipinski definition) is 2. The summed E-state index contributed by atoms with van der Waals surface area (Å²) in [6.07, 6.45) is 0. The van der Waals surface area contributed by atoms with Crippen molar-refractivity contribution in [2.24, 2.45) is 0 Å². The quantitative estimate of drug-likeness (QED) is 0.595. The van der Waals surface area contributed by atoms with E-state index in [-0.39, 0.29) is 5.41 Å². The fraction of sp³-hybridized carbons (Fsp3) is 0.500. The standard InChI is InChI=1S/C12H18F2N2/c1-12(2,7-16-8-15-3)9-4-5-10(13)11(14)6-9/h4-6,15-16H,7-8H2,1-3H3. The van der Waals surface area contributed by atoms with Crippen LogP contribution in [0.15, 0.2) is 18.2 Å². The molecule has 0 aromatic heterocycles. The van der Waals surface area contributed by atoms with Gasteiger partial charge in [0.2, 0.25) is 0 Å². The molecule has 4 heteroatoms. The van der Waals surface area contributed by atoms with Crippen LogP contribution < -0.4 is 10.6 Å². The van der Waals surface area contributed by atoms with Crippen molar-refractivity contribution in [2.45, 2.75) is 19.3 Å². The average Bonchev–Trinajstić information content (AvgIpc) is 2.22. The summed E-state index contributed by atoms with van der Waals surface area (Å²) >= 11 is 0. The van der Waals surface area contributed by atoms with E-state index in [1.807, 2.05) is 20.9 Å². The van der Waals surface area contributed by atoms with Gasteiger partial charge in [-0.25, -0.2) is 8.78 Å². The normalized spacial score (nSPS) is 11.8. The lowest BCUT2D eigenvalue weighted by molar-refractivity contribution is 0.451. The van der Waals surface area contributed by atoms with E-state index in [1.165, 1.54) is 12.1 Å². The summed E-state index contributed by atoms with van der Waals surface area (Å²) in [4.78, 5) is 0. The third kappa shape index (κ3) is 3.25. The van der Waals surface area contributed by atoms with E-state index in [9.17, 15) is 8.78 Å². The first-order chi connectivity index (χ1) is 7.47. The molecule has 1 aromatic carbocycles. The molecule has 0 radical (unpaired) electrons. The fourth-order valence-corrected chi connectivity index (χ4v) is 1.52. The third-order valence-electron chi connectivity index (χ3n) is 2.57. The Labute approximate surface area is 95.1 Å². The highest BCUT2D eigenvalue weighted by Gasteiger charge is 2.21. The molecule has 0 saturated carbocycles. The van der Waals surface area contributed by atoms with Crippen LogP contribution in [0.4, 0.5) is 8.78 Å². The number of benzene rings is 1. The minimum absolute atomic E-state index is 0.231. The summed E-state index contributed by atoms with van der Waals surface area (Å²) in [6.45, 7) is 5.36. The van der Waals surface area contributed by atoms with Gasteiger partial charge in [0, 0.05) is 18.6 Å². The Bertz CT molecular complexity index is 351. The van der Waals surface area contributed by atoms with Crippen LogP contribution in [0.1, 0.15) is 19.4 Å². The Morgan fingerprint density at radius 3 is 2.44 bits per heavy atom. The van der Waals surface area contributed by atoms with Gasteiger partial charge in [0.05, 0.1) is 0 Å². The molecule has 0 amide bonds. The number of rotatable bonds is 5. The van der Waals surface area contributed by atoms with E-state index in [0.717, 1.165) is 5.56 Å². The topological polar surface area (TPSA) is 24.1 Å². The smallest absolute Gasteiger partial charge is 0.159 e. The molecule has 0 aliphatic carbocycles.